The Hall–Kier alpha value is -0.0900. The predicted molar refractivity (Wildman–Crippen MR) is 57.1 cm³/mol. The molecule has 4 heteroatoms. The highest BCUT2D eigenvalue weighted by Crippen LogP contribution is 2.17. The monoisotopic (exact) mass is 292 g/mol. The Morgan fingerprint density at radius 3 is 2.75 bits per heavy atom. The maximum absolute atomic E-state index is 4.23. The van der Waals surface area contributed by atoms with E-state index in [4.69, 9.17) is 0 Å². The zero-order valence-corrected chi connectivity index (χ0v) is 10.0. The van der Waals surface area contributed by atoms with E-state index in [9.17, 15) is 0 Å². The van der Waals surface area contributed by atoms with Crippen LogP contribution in [0.2, 0.25) is 0 Å². The molecule has 1 rings (SSSR count). The lowest BCUT2D eigenvalue weighted by Crippen LogP contribution is -2.00. The fourth-order valence-electron chi connectivity index (χ4n) is 0.818. The zero-order valence-electron chi connectivity index (χ0n) is 6.85. The molecule has 66 valence electrons. The van der Waals surface area contributed by atoms with Crippen molar-refractivity contribution in [2.75, 3.05) is 0 Å². The standard InChI is InChI=1S/C8H10Br2N2/c1-6(2)3-4-12-8(10)5-7(9)11-12/h5H,1,3-4H2,2H3. The second-order valence-electron chi connectivity index (χ2n) is 2.72. The topological polar surface area (TPSA) is 17.8 Å². The van der Waals surface area contributed by atoms with Crippen molar-refractivity contribution in [3.63, 3.8) is 0 Å². The molecule has 1 aromatic heterocycles. The van der Waals surface area contributed by atoms with Gasteiger partial charge in [0.25, 0.3) is 0 Å². The summed E-state index contributed by atoms with van der Waals surface area (Å²) in [6.45, 7) is 6.74. The molecule has 12 heavy (non-hydrogen) atoms. The van der Waals surface area contributed by atoms with Crippen LogP contribution in [0.3, 0.4) is 0 Å². The highest BCUT2D eigenvalue weighted by molar-refractivity contribution is 9.11. The van der Waals surface area contributed by atoms with Gasteiger partial charge in [0, 0.05) is 12.6 Å². The third-order valence-electron chi connectivity index (χ3n) is 1.45. The molecule has 1 heterocycles. The van der Waals surface area contributed by atoms with Crippen molar-refractivity contribution in [3.8, 4) is 0 Å². The van der Waals surface area contributed by atoms with Crippen LogP contribution in [0.1, 0.15) is 13.3 Å². The minimum atomic E-state index is 0.857. The van der Waals surface area contributed by atoms with Crippen LogP contribution in [0, 0.1) is 0 Å². The Labute approximate surface area is 88.9 Å². The summed E-state index contributed by atoms with van der Waals surface area (Å²) in [5.41, 5.74) is 1.17. The molecule has 0 fully saturated rings. The molecule has 0 bridgehead atoms. The first-order valence-electron chi connectivity index (χ1n) is 3.63. The minimum Gasteiger partial charge on any atom is -0.257 e. The van der Waals surface area contributed by atoms with Gasteiger partial charge < -0.3 is 0 Å². The summed E-state index contributed by atoms with van der Waals surface area (Å²) in [6.07, 6.45) is 0.965. The third-order valence-corrected chi connectivity index (χ3v) is 2.48. The van der Waals surface area contributed by atoms with Crippen LogP contribution < -0.4 is 0 Å². The van der Waals surface area contributed by atoms with Gasteiger partial charge in [-0.3, -0.25) is 4.68 Å². The molecule has 0 N–H and O–H groups in total. The summed E-state index contributed by atoms with van der Waals surface area (Å²) >= 11 is 6.71. The van der Waals surface area contributed by atoms with Gasteiger partial charge >= 0.3 is 0 Å². The van der Waals surface area contributed by atoms with E-state index in [1.54, 1.807) is 0 Å². The van der Waals surface area contributed by atoms with Crippen molar-refractivity contribution in [2.45, 2.75) is 19.9 Å². The van der Waals surface area contributed by atoms with E-state index in [-0.39, 0.29) is 0 Å². The van der Waals surface area contributed by atoms with Gasteiger partial charge in [0.05, 0.1) is 0 Å². The molecule has 0 spiro atoms. The number of aromatic nitrogens is 2. The summed E-state index contributed by atoms with van der Waals surface area (Å²) in [5, 5.41) is 4.23. The van der Waals surface area contributed by atoms with Gasteiger partial charge in [-0.05, 0) is 45.2 Å². The minimum absolute atomic E-state index is 0.857. The average Bonchev–Trinajstić information content (AvgIpc) is 2.26. The Bertz CT molecular complexity index is 291. The van der Waals surface area contributed by atoms with Crippen LogP contribution in [0.15, 0.2) is 27.4 Å². The molecule has 0 aliphatic rings. The molecule has 0 saturated heterocycles. The lowest BCUT2D eigenvalue weighted by Gasteiger charge is -2.01. The molecular formula is C8H10Br2N2. The van der Waals surface area contributed by atoms with Crippen LogP contribution in [-0.2, 0) is 6.54 Å². The molecule has 0 unspecified atom stereocenters. The molecular weight excluding hydrogens is 284 g/mol. The van der Waals surface area contributed by atoms with E-state index >= 15 is 0 Å². The first-order chi connectivity index (χ1) is 5.59. The van der Waals surface area contributed by atoms with E-state index in [2.05, 4.69) is 43.5 Å². The Balaban J connectivity index is 2.62. The molecule has 0 aromatic carbocycles. The van der Waals surface area contributed by atoms with Crippen molar-refractivity contribution >= 4 is 31.9 Å². The van der Waals surface area contributed by atoms with E-state index in [0.29, 0.717) is 0 Å². The first kappa shape index (κ1) is 9.99. The number of hydrogen-bond acceptors (Lipinski definition) is 1. The molecule has 0 aliphatic heterocycles. The van der Waals surface area contributed by atoms with Crippen molar-refractivity contribution < 1.29 is 0 Å². The molecule has 0 radical (unpaired) electrons. The fourth-order valence-corrected chi connectivity index (χ4v) is 2.01. The first-order valence-corrected chi connectivity index (χ1v) is 5.21. The highest BCUT2D eigenvalue weighted by Gasteiger charge is 2.01. The SMILES string of the molecule is C=C(C)CCn1nc(Br)cc1Br. The molecule has 0 aliphatic carbocycles. The number of aryl methyl sites for hydroxylation is 1. The summed E-state index contributed by atoms with van der Waals surface area (Å²) in [7, 11) is 0. The molecule has 1 aromatic rings. The quantitative estimate of drug-likeness (QED) is 0.781. The number of allylic oxidation sites excluding steroid dienone is 1. The second kappa shape index (κ2) is 4.23. The van der Waals surface area contributed by atoms with Gasteiger partial charge in [0.2, 0.25) is 0 Å². The largest absolute Gasteiger partial charge is 0.257 e. The third kappa shape index (κ3) is 2.75. The van der Waals surface area contributed by atoms with E-state index in [0.717, 1.165) is 22.2 Å². The zero-order chi connectivity index (χ0) is 9.14. The number of hydrogen-bond donors (Lipinski definition) is 0. The summed E-state index contributed by atoms with van der Waals surface area (Å²) in [4.78, 5) is 0. The van der Waals surface area contributed by atoms with Crippen molar-refractivity contribution in [1.82, 2.24) is 9.78 Å². The average molecular weight is 294 g/mol. The van der Waals surface area contributed by atoms with Gasteiger partial charge in [0.1, 0.15) is 9.21 Å². The van der Waals surface area contributed by atoms with Crippen LogP contribution in [0.5, 0.6) is 0 Å². The molecule has 2 nitrogen and oxygen atoms in total. The molecule has 0 atom stereocenters. The van der Waals surface area contributed by atoms with Crippen molar-refractivity contribution in [2.24, 2.45) is 0 Å². The van der Waals surface area contributed by atoms with Gasteiger partial charge in [-0.1, -0.05) is 5.57 Å². The van der Waals surface area contributed by atoms with Gasteiger partial charge in [0.15, 0.2) is 0 Å². The fraction of sp³-hybridized carbons (Fsp3) is 0.375. The van der Waals surface area contributed by atoms with Crippen LogP contribution in [0.4, 0.5) is 0 Å². The van der Waals surface area contributed by atoms with Crippen molar-refractivity contribution in [1.29, 1.82) is 0 Å². The highest BCUT2D eigenvalue weighted by atomic mass is 79.9. The maximum Gasteiger partial charge on any atom is 0.129 e. The van der Waals surface area contributed by atoms with Crippen LogP contribution in [-0.4, -0.2) is 9.78 Å². The Morgan fingerprint density at radius 2 is 2.33 bits per heavy atom. The smallest absolute Gasteiger partial charge is 0.129 e. The van der Waals surface area contributed by atoms with Gasteiger partial charge in [-0.25, -0.2) is 0 Å². The normalized spacial score (nSPS) is 10.2. The molecule has 0 amide bonds. The van der Waals surface area contributed by atoms with E-state index in [1.165, 1.54) is 5.57 Å². The summed E-state index contributed by atoms with van der Waals surface area (Å²) in [6, 6.07) is 1.93. The van der Waals surface area contributed by atoms with E-state index in [1.807, 2.05) is 17.7 Å². The summed E-state index contributed by atoms with van der Waals surface area (Å²) < 4.78 is 3.75. The maximum atomic E-state index is 4.23. The van der Waals surface area contributed by atoms with Crippen LogP contribution >= 0.6 is 31.9 Å². The Morgan fingerprint density at radius 1 is 1.67 bits per heavy atom. The molecule has 0 saturated carbocycles. The van der Waals surface area contributed by atoms with Gasteiger partial charge in [-0.15, -0.1) is 6.58 Å². The van der Waals surface area contributed by atoms with Crippen LogP contribution in [0.25, 0.3) is 0 Å². The number of nitrogens with zero attached hydrogens (tertiary/aromatic N) is 2. The lowest BCUT2D eigenvalue weighted by molar-refractivity contribution is 0.598. The number of rotatable bonds is 3. The van der Waals surface area contributed by atoms with E-state index < -0.39 is 0 Å². The predicted octanol–water partition coefficient (Wildman–Crippen LogP) is 3.37. The number of halogens is 2. The lowest BCUT2D eigenvalue weighted by atomic mass is 10.2. The van der Waals surface area contributed by atoms with Crippen molar-refractivity contribution in [3.05, 3.63) is 27.4 Å². The second-order valence-corrected chi connectivity index (χ2v) is 4.34. The Kier molecular flexibility index (Phi) is 3.53. The van der Waals surface area contributed by atoms with Gasteiger partial charge in [-0.2, -0.15) is 5.10 Å². The summed E-state index contributed by atoms with van der Waals surface area (Å²) in [5.74, 6) is 0.